The third kappa shape index (κ3) is 4.79. The maximum absolute atomic E-state index is 13.7. The monoisotopic (exact) mass is 513 g/mol. The van der Waals surface area contributed by atoms with Gasteiger partial charge in [-0.1, -0.05) is 54.1 Å². The number of carbonyl (C=O) groups is 2. The minimum atomic E-state index is -0.636. The summed E-state index contributed by atoms with van der Waals surface area (Å²) in [6, 6.07) is 23.0. The molecule has 0 unspecified atom stereocenters. The van der Waals surface area contributed by atoms with Crippen molar-refractivity contribution < 1.29 is 14.3 Å². The van der Waals surface area contributed by atoms with E-state index in [1.807, 2.05) is 54.6 Å². The van der Waals surface area contributed by atoms with Crippen LogP contribution in [0.4, 0.5) is 17.2 Å². The first-order valence-electron chi connectivity index (χ1n) is 11.6. The molecule has 37 heavy (non-hydrogen) atoms. The molecule has 0 aliphatic carbocycles. The van der Waals surface area contributed by atoms with Crippen molar-refractivity contribution in [3.05, 3.63) is 112 Å². The van der Waals surface area contributed by atoms with E-state index < -0.39 is 6.04 Å². The van der Waals surface area contributed by atoms with Gasteiger partial charge in [0.25, 0.3) is 11.8 Å². The molecule has 0 saturated carbocycles. The van der Waals surface area contributed by atoms with E-state index >= 15 is 0 Å². The van der Waals surface area contributed by atoms with E-state index in [0.29, 0.717) is 44.8 Å². The SMILES string of the molecule is COc1ccccc1NC(=O)C1=C(C)Nc2c(C(=O)Nc3ccccc3)cnn2[C@@H]1c1cccc(Cl)c1. The Kier molecular flexibility index (Phi) is 6.66. The van der Waals surface area contributed by atoms with Gasteiger partial charge in [-0.15, -0.1) is 0 Å². The highest BCUT2D eigenvalue weighted by Gasteiger charge is 2.35. The maximum atomic E-state index is 13.7. The van der Waals surface area contributed by atoms with Crippen LogP contribution in [0.25, 0.3) is 0 Å². The molecule has 9 heteroatoms. The number of fused-ring (bicyclic) bond motifs is 1. The third-order valence-electron chi connectivity index (χ3n) is 6.06. The lowest BCUT2D eigenvalue weighted by molar-refractivity contribution is -0.113. The number of ether oxygens (including phenoxy) is 1. The largest absolute Gasteiger partial charge is 0.495 e. The predicted molar refractivity (Wildman–Crippen MR) is 144 cm³/mol. The molecule has 2 amide bonds. The summed E-state index contributed by atoms with van der Waals surface area (Å²) in [5, 5.41) is 14.1. The minimum Gasteiger partial charge on any atom is -0.495 e. The summed E-state index contributed by atoms with van der Waals surface area (Å²) in [6.45, 7) is 1.80. The number of aromatic nitrogens is 2. The highest BCUT2D eigenvalue weighted by Crippen LogP contribution is 2.39. The average molecular weight is 514 g/mol. The van der Waals surface area contributed by atoms with E-state index in [-0.39, 0.29) is 11.8 Å². The van der Waals surface area contributed by atoms with E-state index in [9.17, 15) is 9.59 Å². The fraction of sp³-hybridized carbons (Fsp3) is 0.107. The van der Waals surface area contributed by atoms with Gasteiger partial charge >= 0.3 is 0 Å². The lowest BCUT2D eigenvalue weighted by Crippen LogP contribution is -2.32. The fourth-order valence-electron chi connectivity index (χ4n) is 4.36. The molecular weight excluding hydrogens is 490 g/mol. The van der Waals surface area contributed by atoms with Gasteiger partial charge in [0.2, 0.25) is 0 Å². The Labute approximate surface area is 218 Å². The molecule has 3 N–H and O–H groups in total. The van der Waals surface area contributed by atoms with Gasteiger partial charge < -0.3 is 20.7 Å². The summed E-state index contributed by atoms with van der Waals surface area (Å²) in [5.74, 6) is 0.358. The summed E-state index contributed by atoms with van der Waals surface area (Å²) in [4.78, 5) is 26.8. The fourth-order valence-corrected chi connectivity index (χ4v) is 4.56. The van der Waals surface area contributed by atoms with Gasteiger partial charge in [-0.05, 0) is 48.9 Å². The number of nitrogens with one attached hydrogen (secondary N) is 3. The number of methoxy groups -OCH3 is 1. The highest BCUT2D eigenvalue weighted by molar-refractivity contribution is 6.30. The number of carbonyl (C=O) groups excluding carboxylic acids is 2. The van der Waals surface area contributed by atoms with E-state index in [4.69, 9.17) is 16.3 Å². The summed E-state index contributed by atoms with van der Waals surface area (Å²) >= 11 is 6.33. The summed E-state index contributed by atoms with van der Waals surface area (Å²) in [7, 11) is 1.55. The Morgan fingerprint density at radius 2 is 1.73 bits per heavy atom. The molecule has 8 nitrogen and oxygen atoms in total. The van der Waals surface area contributed by atoms with Gasteiger partial charge in [0, 0.05) is 16.4 Å². The molecule has 1 aromatic heterocycles. The van der Waals surface area contributed by atoms with Crippen LogP contribution in [0.1, 0.15) is 28.9 Å². The Morgan fingerprint density at radius 1 is 0.973 bits per heavy atom. The number of anilines is 3. The standard InChI is InChI=1S/C28H24ClN5O3/c1-17-24(28(36)33-22-13-6-7-14-23(22)37-2)25(18-9-8-10-19(29)15-18)34-26(31-17)21(16-30-34)27(35)32-20-11-4-3-5-12-20/h3-16,25,31H,1-2H3,(H,32,35)(H,33,36)/t25-/m1/s1. The number of benzene rings is 3. The van der Waals surface area contributed by atoms with Crippen LogP contribution in [-0.2, 0) is 4.79 Å². The van der Waals surface area contributed by atoms with Crippen molar-refractivity contribution in [3.63, 3.8) is 0 Å². The van der Waals surface area contributed by atoms with Crippen molar-refractivity contribution >= 4 is 40.6 Å². The number of amides is 2. The van der Waals surface area contributed by atoms with Gasteiger partial charge in [-0.2, -0.15) is 5.10 Å². The normalized spacial score (nSPS) is 14.4. The van der Waals surface area contributed by atoms with Crippen LogP contribution in [0.3, 0.4) is 0 Å². The van der Waals surface area contributed by atoms with Gasteiger partial charge in [0.1, 0.15) is 23.2 Å². The average Bonchev–Trinajstić information content (AvgIpc) is 3.32. The molecule has 3 aromatic carbocycles. The van der Waals surface area contributed by atoms with E-state index in [2.05, 4.69) is 21.0 Å². The molecule has 1 aliphatic heterocycles. The van der Waals surface area contributed by atoms with Gasteiger partial charge in [0.15, 0.2) is 0 Å². The molecule has 0 bridgehead atoms. The van der Waals surface area contributed by atoms with Crippen LogP contribution >= 0.6 is 11.6 Å². The Hall–Kier alpha value is -4.56. The summed E-state index contributed by atoms with van der Waals surface area (Å²) in [5.41, 5.74) is 3.31. The highest BCUT2D eigenvalue weighted by atomic mass is 35.5. The van der Waals surface area contributed by atoms with Crippen LogP contribution in [0.15, 0.2) is 96.3 Å². The molecule has 1 aliphatic rings. The van der Waals surface area contributed by atoms with Crippen LogP contribution < -0.4 is 20.7 Å². The molecule has 0 radical (unpaired) electrons. The Bertz CT molecular complexity index is 1510. The lowest BCUT2D eigenvalue weighted by atomic mass is 9.94. The molecular formula is C28H24ClN5O3. The molecule has 186 valence electrons. The van der Waals surface area contributed by atoms with E-state index in [0.717, 1.165) is 5.56 Å². The van der Waals surface area contributed by atoms with Crippen molar-refractivity contribution in [1.82, 2.24) is 9.78 Å². The van der Waals surface area contributed by atoms with Crippen LogP contribution in [0.2, 0.25) is 5.02 Å². The van der Waals surface area contributed by atoms with Crippen molar-refractivity contribution in [2.75, 3.05) is 23.1 Å². The number of para-hydroxylation sites is 3. The van der Waals surface area contributed by atoms with Crippen molar-refractivity contribution in [2.45, 2.75) is 13.0 Å². The maximum Gasteiger partial charge on any atom is 0.261 e. The summed E-state index contributed by atoms with van der Waals surface area (Å²) < 4.78 is 7.03. The molecule has 4 aromatic rings. The van der Waals surface area contributed by atoms with Crippen LogP contribution in [-0.4, -0.2) is 28.7 Å². The smallest absolute Gasteiger partial charge is 0.261 e. The minimum absolute atomic E-state index is 0.320. The lowest BCUT2D eigenvalue weighted by Gasteiger charge is -2.30. The number of halogens is 1. The molecule has 1 atom stereocenters. The van der Waals surface area contributed by atoms with Crippen LogP contribution in [0, 0.1) is 0 Å². The molecule has 0 spiro atoms. The zero-order valence-electron chi connectivity index (χ0n) is 20.2. The molecule has 0 saturated heterocycles. The van der Waals surface area contributed by atoms with E-state index in [1.54, 1.807) is 43.0 Å². The van der Waals surface area contributed by atoms with Crippen molar-refractivity contribution in [1.29, 1.82) is 0 Å². The molecule has 2 heterocycles. The van der Waals surface area contributed by atoms with Crippen molar-refractivity contribution in [3.8, 4) is 5.75 Å². The molecule has 0 fully saturated rings. The number of hydrogen-bond acceptors (Lipinski definition) is 5. The second-order valence-corrected chi connectivity index (χ2v) is 8.88. The number of allylic oxidation sites excluding steroid dienone is 1. The molecule has 5 rings (SSSR count). The van der Waals surface area contributed by atoms with Gasteiger partial charge in [-0.25, -0.2) is 4.68 Å². The zero-order valence-corrected chi connectivity index (χ0v) is 20.9. The number of hydrogen-bond donors (Lipinski definition) is 3. The first kappa shape index (κ1) is 24.1. The summed E-state index contributed by atoms with van der Waals surface area (Å²) in [6.07, 6.45) is 1.49. The first-order chi connectivity index (χ1) is 18.0. The quantitative estimate of drug-likeness (QED) is 0.306. The first-order valence-corrected chi connectivity index (χ1v) is 12.0. The van der Waals surface area contributed by atoms with E-state index in [1.165, 1.54) is 6.20 Å². The van der Waals surface area contributed by atoms with Crippen molar-refractivity contribution in [2.24, 2.45) is 0 Å². The number of nitrogens with zero attached hydrogens (tertiary/aromatic N) is 2. The second kappa shape index (κ2) is 10.2. The van der Waals surface area contributed by atoms with Gasteiger partial charge in [-0.3, -0.25) is 9.59 Å². The van der Waals surface area contributed by atoms with Gasteiger partial charge in [0.05, 0.1) is 24.6 Å². The van der Waals surface area contributed by atoms with Crippen LogP contribution in [0.5, 0.6) is 5.75 Å². The zero-order chi connectivity index (χ0) is 25.9. The number of rotatable bonds is 6. The second-order valence-electron chi connectivity index (χ2n) is 8.45. The third-order valence-corrected chi connectivity index (χ3v) is 6.30. The predicted octanol–water partition coefficient (Wildman–Crippen LogP) is 5.73. The Balaban J connectivity index is 1.56. The topological polar surface area (TPSA) is 97.3 Å². The Morgan fingerprint density at radius 3 is 2.49 bits per heavy atom.